The van der Waals surface area contributed by atoms with Crippen molar-refractivity contribution >= 4 is 17.8 Å². The number of esters is 1. The first-order chi connectivity index (χ1) is 9.70. The summed E-state index contributed by atoms with van der Waals surface area (Å²) in [4.78, 5) is 32.6. The molecule has 3 N–H and O–H groups in total. The van der Waals surface area contributed by atoms with E-state index < -0.39 is 29.3 Å². The third kappa shape index (κ3) is 6.18. The lowest BCUT2D eigenvalue weighted by Crippen LogP contribution is -2.25. The first-order valence-corrected chi connectivity index (χ1v) is 5.96. The minimum absolute atomic E-state index is 0. The van der Waals surface area contributed by atoms with Crippen molar-refractivity contribution in [2.24, 2.45) is 5.41 Å². The Balaban J connectivity index is 0.00000441. The van der Waals surface area contributed by atoms with Gasteiger partial charge >= 0.3 is 12.1 Å². The predicted molar refractivity (Wildman–Crippen MR) is 75.6 cm³/mol. The zero-order valence-corrected chi connectivity index (χ0v) is 12.5. The fourth-order valence-corrected chi connectivity index (χ4v) is 1.11. The SMILES string of the molecule is CC(C)(C)C(=O)OCOC(=O)Oc1ccc([N+](=O)[O-])cc1.N. The number of benzene rings is 1. The van der Waals surface area contributed by atoms with E-state index in [0.717, 1.165) is 0 Å². The molecular weight excluding hydrogens is 296 g/mol. The number of ether oxygens (including phenoxy) is 3. The van der Waals surface area contributed by atoms with Crippen LogP contribution >= 0.6 is 0 Å². The average Bonchev–Trinajstić information content (AvgIpc) is 2.38. The van der Waals surface area contributed by atoms with Gasteiger partial charge in [0.2, 0.25) is 6.79 Å². The maximum Gasteiger partial charge on any atom is 0.516 e. The summed E-state index contributed by atoms with van der Waals surface area (Å²) in [6, 6.07) is 4.87. The van der Waals surface area contributed by atoms with E-state index in [0.29, 0.717) is 0 Å². The van der Waals surface area contributed by atoms with Gasteiger partial charge in [0.1, 0.15) is 5.75 Å². The molecular formula is C13H18N2O7. The number of rotatable bonds is 4. The fourth-order valence-electron chi connectivity index (χ4n) is 1.11. The average molecular weight is 314 g/mol. The molecule has 122 valence electrons. The van der Waals surface area contributed by atoms with Gasteiger partial charge in [-0.1, -0.05) is 0 Å². The van der Waals surface area contributed by atoms with Crippen molar-refractivity contribution < 1.29 is 28.7 Å². The molecule has 1 aromatic carbocycles. The van der Waals surface area contributed by atoms with Crippen LogP contribution in [-0.2, 0) is 14.3 Å². The first-order valence-electron chi connectivity index (χ1n) is 5.96. The molecule has 0 radical (unpaired) electrons. The number of nitro groups is 1. The number of carbonyl (C=O) groups is 2. The summed E-state index contributed by atoms with van der Waals surface area (Å²) in [5.41, 5.74) is -0.833. The monoisotopic (exact) mass is 314 g/mol. The Kier molecular flexibility index (Phi) is 6.97. The van der Waals surface area contributed by atoms with Crippen molar-refractivity contribution in [3.05, 3.63) is 34.4 Å². The normalized spacial score (nSPS) is 10.1. The molecule has 0 fully saturated rings. The van der Waals surface area contributed by atoms with Gasteiger partial charge in [-0.05, 0) is 32.9 Å². The van der Waals surface area contributed by atoms with E-state index in [1.165, 1.54) is 24.3 Å². The van der Waals surface area contributed by atoms with E-state index >= 15 is 0 Å². The molecule has 0 unspecified atom stereocenters. The van der Waals surface area contributed by atoms with Crippen LogP contribution in [0.4, 0.5) is 10.5 Å². The molecule has 0 aliphatic heterocycles. The van der Waals surface area contributed by atoms with Crippen molar-refractivity contribution in [1.82, 2.24) is 6.15 Å². The minimum atomic E-state index is -1.08. The third-order valence-electron chi connectivity index (χ3n) is 2.23. The van der Waals surface area contributed by atoms with Gasteiger partial charge in [-0.25, -0.2) is 4.79 Å². The van der Waals surface area contributed by atoms with Gasteiger partial charge in [-0.15, -0.1) is 0 Å². The van der Waals surface area contributed by atoms with Crippen LogP contribution < -0.4 is 10.9 Å². The maximum absolute atomic E-state index is 11.4. The molecule has 1 aromatic rings. The van der Waals surface area contributed by atoms with Crippen LogP contribution in [0.3, 0.4) is 0 Å². The number of hydrogen-bond acceptors (Lipinski definition) is 8. The highest BCUT2D eigenvalue weighted by molar-refractivity contribution is 5.75. The van der Waals surface area contributed by atoms with Gasteiger partial charge < -0.3 is 20.4 Å². The molecule has 0 aliphatic carbocycles. The summed E-state index contributed by atoms with van der Waals surface area (Å²) < 4.78 is 14.0. The smallest absolute Gasteiger partial charge is 0.427 e. The second kappa shape index (κ2) is 7.93. The molecule has 0 atom stereocenters. The molecule has 1 rings (SSSR count). The van der Waals surface area contributed by atoms with E-state index in [1.54, 1.807) is 20.8 Å². The van der Waals surface area contributed by atoms with E-state index in [4.69, 9.17) is 9.47 Å². The zero-order chi connectivity index (χ0) is 16.0. The molecule has 0 amide bonds. The number of nitrogens with zero attached hydrogens (tertiary/aromatic N) is 1. The number of carbonyl (C=O) groups excluding carboxylic acids is 2. The summed E-state index contributed by atoms with van der Waals surface area (Å²) in [6.07, 6.45) is -1.08. The molecule has 0 aliphatic rings. The topological polar surface area (TPSA) is 140 Å². The molecule has 9 nitrogen and oxygen atoms in total. The highest BCUT2D eigenvalue weighted by Gasteiger charge is 2.23. The van der Waals surface area contributed by atoms with Gasteiger partial charge in [-0.3, -0.25) is 14.9 Å². The van der Waals surface area contributed by atoms with Crippen LogP contribution in [0.1, 0.15) is 20.8 Å². The minimum Gasteiger partial charge on any atom is -0.427 e. The molecule has 0 saturated carbocycles. The molecule has 0 spiro atoms. The Bertz CT molecular complexity index is 534. The molecule has 0 aromatic heterocycles. The number of non-ortho nitro benzene ring substituents is 1. The Hall–Kier alpha value is -2.68. The Morgan fingerprint density at radius 2 is 1.68 bits per heavy atom. The predicted octanol–water partition coefficient (Wildman–Crippen LogP) is 2.82. The number of nitro benzene ring substituents is 1. The van der Waals surface area contributed by atoms with Gasteiger partial charge in [0.05, 0.1) is 10.3 Å². The van der Waals surface area contributed by atoms with Crippen molar-refractivity contribution in [3.63, 3.8) is 0 Å². The standard InChI is InChI=1S/C13H15NO7.H3N/c1-13(2,3)11(15)19-8-20-12(16)21-10-6-4-9(5-7-10)14(17)18;/h4-7H,8H2,1-3H3;1H3. The van der Waals surface area contributed by atoms with Gasteiger partial charge in [0.15, 0.2) is 0 Å². The Labute approximate surface area is 126 Å². The highest BCUT2D eigenvalue weighted by atomic mass is 16.8. The van der Waals surface area contributed by atoms with Crippen LogP contribution in [0, 0.1) is 15.5 Å². The Morgan fingerprint density at radius 1 is 1.14 bits per heavy atom. The van der Waals surface area contributed by atoms with Crippen LogP contribution in [0.25, 0.3) is 0 Å². The van der Waals surface area contributed by atoms with E-state index in [9.17, 15) is 19.7 Å². The summed E-state index contributed by atoms with van der Waals surface area (Å²) in [7, 11) is 0. The first kappa shape index (κ1) is 19.3. The van der Waals surface area contributed by atoms with Crippen molar-refractivity contribution in [2.75, 3.05) is 6.79 Å². The summed E-state index contributed by atoms with van der Waals surface area (Å²) in [5, 5.41) is 10.4. The number of hydrogen-bond donors (Lipinski definition) is 1. The molecule has 0 saturated heterocycles. The zero-order valence-electron chi connectivity index (χ0n) is 12.5. The molecule has 0 bridgehead atoms. The fraction of sp³-hybridized carbons (Fsp3) is 0.385. The van der Waals surface area contributed by atoms with Crippen molar-refractivity contribution in [1.29, 1.82) is 0 Å². The van der Waals surface area contributed by atoms with Crippen LogP contribution in [-0.4, -0.2) is 23.8 Å². The van der Waals surface area contributed by atoms with Crippen LogP contribution in [0.5, 0.6) is 5.75 Å². The van der Waals surface area contributed by atoms with Gasteiger partial charge in [0.25, 0.3) is 5.69 Å². The van der Waals surface area contributed by atoms with Gasteiger partial charge in [-0.2, -0.15) is 0 Å². The lowest BCUT2D eigenvalue weighted by atomic mass is 9.98. The van der Waals surface area contributed by atoms with E-state index in [1.807, 2.05) is 0 Å². The van der Waals surface area contributed by atoms with Crippen molar-refractivity contribution in [3.8, 4) is 5.75 Å². The van der Waals surface area contributed by atoms with Crippen LogP contribution in [0.2, 0.25) is 0 Å². The van der Waals surface area contributed by atoms with Gasteiger partial charge in [0, 0.05) is 12.1 Å². The van der Waals surface area contributed by atoms with Crippen LogP contribution in [0.15, 0.2) is 24.3 Å². The summed E-state index contributed by atoms with van der Waals surface area (Å²) >= 11 is 0. The Morgan fingerprint density at radius 3 is 2.14 bits per heavy atom. The lowest BCUT2D eigenvalue weighted by molar-refractivity contribution is -0.384. The molecule has 0 heterocycles. The summed E-state index contributed by atoms with van der Waals surface area (Å²) in [5.74, 6) is -0.446. The maximum atomic E-state index is 11.4. The third-order valence-corrected chi connectivity index (χ3v) is 2.23. The largest absolute Gasteiger partial charge is 0.516 e. The summed E-state index contributed by atoms with van der Waals surface area (Å²) in [6.45, 7) is 4.40. The van der Waals surface area contributed by atoms with E-state index in [-0.39, 0.29) is 17.6 Å². The van der Waals surface area contributed by atoms with Crippen molar-refractivity contribution in [2.45, 2.75) is 20.8 Å². The second-order valence-electron chi connectivity index (χ2n) is 5.05. The van der Waals surface area contributed by atoms with E-state index in [2.05, 4.69) is 4.74 Å². The molecule has 22 heavy (non-hydrogen) atoms. The molecule has 9 heteroatoms. The lowest BCUT2D eigenvalue weighted by Gasteiger charge is -2.16. The quantitative estimate of drug-likeness (QED) is 0.294. The second-order valence-corrected chi connectivity index (χ2v) is 5.05. The highest BCUT2D eigenvalue weighted by Crippen LogP contribution is 2.18.